The molecular weight excluding hydrogens is 312 g/mol. The summed E-state index contributed by atoms with van der Waals surface area (Å²) in [6.45, 7) is 5.99. The van der Waals surface area contributed by atoms with Gasteiger partial charge in [-0.25, -0.2) is 0 Å². The summed E-state index contributed by atoms with van der Waals surface area (Å²) in [6.07, 6.45) is 0. The molecule has 0 spiro atoms. The zero-order valence-electron chi connectivity index (χ0n) is 14.7. The van der Waals surface area contributed by atoms with Crippen molar-refractivity contribution in [2.75, 3.05) is 39.0 Å². The van der Waals surface area contributed by atoms with Gasteiger partial charge in [-0.2, -0.15) is 0 Å². The summed E-state index contributed by atoms with van der Waals surface area (Å²) < 4.78 is 0. The van der Waals surface area contributed by atoms with Crippen molar-refractivity contribution in [3.8, 4) is 0 Å². The van der Waals surface area contributed by atoms with Gasteiger partial charge < -0.3 is 16.0 Å². The van der Waals surface area contributed by atoms with Gasteiger partial charge >= 0.3 is 0 Å². The average molecular weight is 338 g/mol. The van der Waals surface area contributed by atoms with Crippen molar-refractivity contribution in [1.82, 2.24) is 15.1 Å². The van der Waals surface area contributed by atoms with Crippen molar-refractivity contribution in [3.05, 3.63) is 65.2 Å². The minimum atomic E-state index is -0.139. The fourth-order valence-corrected chi connectivity index (χ4v) is 3.01. The smallest absolute Gasteiger partial charge is 0.253 e. The molecule has 0 bridgehead atoms. The van der Waals surface area contributed by atoms with Crippen LogP contribution in [0, 0.1) is 0 Å². The zero-order chi connectivity index (χ0) is 17.6. The Morgan fingerprint density at radius 2 is 1.64 bits per heavy atom. The first kappa shape index (κ1) is 17.5. The van der Waals surface area contributed by atoms with E-state index in [1.54, 1.807) is 12.1 Å². The monoisotopic (exact) mass is 338 g/mol. The SMILES string of the molecule is CN1CCN(Cc2ccc(CNC(=O)c3ccccc3N)cc2)CC1. The Hall–Kier alpha value is -2.37. The summed E-state index contributed by atoms with van der Waals surface area (Å²) in [6, 6.07) is 15.6. The summed E-state index contributed by atoms with van der Waals surface area (Å²) in [5.74, 6) is -0.139. The molecule has 0 aromatic heterocycles. The molecule has 1 saturated heterocycles. The third kappa shape index (κ3) is 4.81. The van der Waals surface area contributed by atoms with Crippen molar-refractivity contribution >= 4 is 11.6 Å². The van der Waals surface area contributed by atoms with Crippen LogP contribution in [0.3, 0.4) is 0 Å². The van der Waals surface area contributed by atoms with Crippen LogP contribution >= 0.6 is 0 Å². The topological polar surface area (TPSA) is 61.6 Å². The van der Waals surface area contributed by atoms with Crippen LogP contribution in [0.25, 0.3) is 0 Å². The molecule has 5 heteroatoms. The van der Waals surface area contributed by atoms with E-state index in [0.29, 0.717) is 17.8 Å². The van der Waals surface area contributed by atoms with Crippen LogP contribution in [-0.4, -0.2) is 48.9 Å². The first-order chi connectivity index (χ1) is 12.1. The predicted molar refractivity (Wildman–Crippen MR) is 101 cm³/mol. The number of rotatable bonds is 5. The number of hydrogen-bond donors (Lipinski definition) is 2. The van der Waals surface area contributed by atoms with E-state index in [1.165, 1.54) is 5.56 Å². The van der Waals surface area contributed by atoms with Crippen LogP contribution in [-0.2, 0) is 13.1 Å². The van der Waals surface area contributed by atoms with Gasteiger partial charge in [-0.05, 0) is 30.3 Å². The first-order valence-corrected chi connectivity index (χ1v) is 8.73. The van der Waals surface area contributed by atoms with Crippen LogP contribution in [0.5, 0.6) is 0 Å². The maximum absolute atomic E-state index is 12.2. The number of amides is 1. The van der Waals surface area contributed by atoms with Gasteiger partial charge in [0.1, 0.15) is 0 Å². The lowest BCUT2D eigenvalue weighted by Crippen LogP contribution is -2.43. The van der Waals surface area contributed by atoms with Gasteiger partial charge in [0.15, 0.2) is 0 Å². The van der Waals surface area contributed by atoms with Crippen molar-refractivity contribution in [3.63, 3.8) is 0 Å². The van der Waals surface area contributed by atoms with Crippen molar-refractivity contribution in [2.24, 2.45) is 0 Å². The summed E-state index contributed by atoms with van der Waals surface area (Å²) in [5, 5.41) is 2.93. The molecule has 0 unspecified atom stereocenters. The van der Waals surface area contributed by atoms with E-state index in [-0.39, 0.29) is 5.91 Å². The molecule has 2 aromatic carbocycles. The molecular formula is C20H26N4O. The maximum Gasteiger partial charge on any atom is 0.253 e. The van der Waals surface area contributed by atoms with Gasteiger partial charge in [0.25, 0.3) is 5.91 Å². The number of nitrogens with one attached hydrogen (secondary N) is 1. The van der Waals surface area contributed by atoms with Gasteiger partial charge in [0.05, 0.1) is 5.56 Å². The van der Waals surface area contributed by atoms with Crippen LogP contribution in [0.15, 0.2) is 48.5 Å². The zero-order valence-corrected chi connectivity index (χ0v) is 14.7. The molecule has 1 aliphatic heterocycles. The highest BCUT2D eigenvalue weighted by Crippen LogP contribution is 2.12. The van der Waals surface area contributed by atoms with Gasteiger partial charge in [-0.15, -0.1) is 0 Å². The third-order valence-corrected chi connectivity index (χ3v) is 4.68. The number of nitrogen functional groups attached to an aromatic ring is 1. The summed E-state index contributed by atoms with van der Waals surface area (Å²) in [4.78, 5) is 17.0. The Balaban J connectivity index is 1.51. The summed E-state index contributed by atoms with van der Waals surface area (Å²) >= 11 is 0. The maximum atomic E-state index is 12.2. The number of nitrogens with zero attached hydrogens (tertiary/aromatic N) is 2. The molecule has 0 aliphatic carbocycles. The summed E-state index contributed by atoms with van der Waals surface area (Å²) in [5.41, 5.74) is 9.26. The highest BCUT2D eigenvalue weighted by Gasteiger charge is 2.13. The molecule has 1 amide bonds. The number of hydrogen-bond acceptors (Lipinski definition) is 4. The van der Waals surface area contributed by atoms with Crippen molar-refractivity contribution < 1.29 is 4.79 Å². The molecule has 0 atom stereocenters. The second kappa shape index (κ2) is 8.14. The molecule has 0 radical (unpaired) electrons. The first-order valence-electron chi connectivity index (χ1n) is 8.73. The minimum absolute atomic E-state index is 0.139. The Kier molecular flexibility index (Phi) is 5.68. The highest BCUT2D eigenvalue weighted by molar-refractivity contribution is 5.98. The molecule has 2 aromatic rings. The van der Waals surface area contributed by atoms with E-state index in [9.17, 15) is 4.79 Å². The van der Waals surface area contributed by atoms with Crippen LogP contribution in [0.4, 0.5) is 5.69 Å². The fourth-order valence-electron chi connectivity index (χ4n) is 3.01. The molecule has 1 fully saturated rings. The Labute approximate surface area is 149 Å². The molecule has 1 aliphatic rings. The highest BCUT2D eigenvalue weighted by atomic mass is 16.1. The predicted octanol–water partition coefficient (Wildman–Crippen LogP) is 1.95. The average Bonchev–Trinajstić information content (AvgIpc) is 2.63. The minimum Gasteiger partial charge on any atom is -0.398 e. The van der Waals surface area contributed by atoms with Gasteiger partial charge in [-0.1, -0.05) is 36.4 Å². The van der Waals surface area contributed by atoms with Gasteiger partial charge in [0, 0.05) is 45.0 Å². The number of carbonyl (C=O) groups excluding carboxylic acids is 1. The number of nitrogens with two attached hydrogens (primary N) is 1. The standard InChI is InChI=1S/C20H26N4O/c1-23-10-12-24(13-11-23)15-17-8-6-16(7-9-17)14-22-20(25)18-4-2-3-5-19(18)21/h2-9H,10-15,21H2,1H3,(H,22,25). The van der Waals surface area contributed by atoms with Crippen molar-refractivity contribution in [2.45, 2.75) is 13.1 Å². The molecule has 3 N–H and O–H groups in total. The van der Waals surface area contributed by atoms with Crippen molar-refractivity contribution in [1.29, 1.82) is 0 Å². The van der Waals surface area contributed by atoms with E-state index < -0.39 is 0 Å². The molecule has 1 heterocycles. The molecule has 25 heavy (non-hydrogen) atoms. The molecule has 132 valence electrons. The number of anilines is 1. The van der Waals surface area contributed by atoms with Crippen LogP contribution < -0.4 is 11.1 Å². The van der Waals surface area contributed by atoms with Gasteiger partial charge in [0.2, 0.25) is 0 Å². The third-order valence-electron chi connectivity index (χ3n) is 4.68. The normalized spacial score (nSPS) is 15.9. The van der Waals surface area contributed by atoms with E-state index in [0.717, 1.165) is 38.3 Å². The molecule has 3 rings (SSSR count). The number of para-hydroxylation sites is 1. The van der Waals surface area contributed by atoms with E-state index >= 15 is 0 Å². The quantitative estimate of drug-likeness (QED) is 0.818. The number of piperazine rings is 1. The Bertz CT molecular complexity index is 706. The largest absolute Gasteiger partial charge is 0.398 e. The number of likely N-dealkylation sites (N-methyl/N-ethyl adjacent to an activating group) is 1. The number of benzene rings is 2. The van der Waals surface area contributed by atoms with E-state index in [1.807, 2.05) is 12.1 Å². The molecule has 5 nitrogen and oxygen atoms in total. The van der Waals surface area contributed by atoms with Crippen LogP contribution in [0.2, 0.25) is 0 Å². The Morgan fingerprint density at radius 3 is 2.32 bits per heavy atom. The van der Waals surface area contributed by atoms with Gasteiger partial charge in [-0.3, -0.25) is 9.69 Å². The van der Waals surface area contributed by atoms with E-state index in [4.69, 9.17) is 5.73 Å². The second-order valence-corrected chi connectivity index (χ2v) is 6.67. The van der Waals surface area contributed by atoms with E-state index in [2.05, 4.69) is 46.4 Å². The van der Waals surface area contributed by atoms with Crippen LogP contribution in [0.1, 0.15) is 21.5 Å². The lowest BCUT2D eigenvalue weighted by atomic mass is 10.1. The molecule has 0 saturated carbocycles. The fraction of sp³-hybridized carbons (Fsp3) is 0.350. The lowest BCUT2D eigenvalue weighted by Gasteiger charge is -2.32. The Morgan fingerprint density at radius 1 is 1.00 bits per heavy atom. The lowest BCUT2D eigenvalue weighted by molar-refractivity contribution is 0.0952. The summed E-state index contributed by atoms with van der Waals surface area (Å²) in [7, 11) is 2.17. The second-order valence-electron chi connectivity index (χ2n) is 6.67. The number of carbonyl (C=O) groups is 1.